The number of esters is 1. The Balaban J connectivity index is 3.09. The first-order chi connectivity index (χ1) is 9.77. The fourth-order valence-electron chi connectivity index (χ4n) is 1.99. The fourth-order valence-corrected chi connectivity index (χ4v) is 1.99. The van der Waals surface area contributed by atoms with Crippen molar-refractivity contribution in [3.05, 3.63) is 37.1 Å². The lowest BCUT2D eigenvalue weighted by Crippen LogP contribution is -1.89. The van der Waals surface area contributed by atoms with E-state index in [1.165, 1.54) is 71.0 Å². The third-order valence-electron chi connectivity index (χ3n) is 3.09. The second kappa shape index (κ2) is 15.7. The summed E-state index contributed by atoms with van der Waals surface area (Å²) in [7, 11) is 0. The van der Waals surface area contributed by atoms with Crippen LogP contribution in [0.15, 0.2) is 37.1 Å². The van der Waals surface area contributed by atoms with Crippen molar-refractivity contribution in [2.24, 2.45) is 0 Å². The van der Waals surface area contributed by atoms with Crippen molar-refractivity contribution in [2.75, 3.05) is 0 Å². The van der Waals surface area contributed by atoms with E-state index in [-0.39, 0.29) is 5.97 Å². The Hall–Kier alpha value is -1.31. The van der Waals surface area contributed by atoms with Crippen molar-refractivity contribution in [3.8, 4) is 0 Å². The molecule has 0 radical (unpaired) electrons. The first kappa shape index (κ1) is 18.7. The number of hydrogen-bond donors (Lipinski definition) is 0. The molecule has 0 atom stereocenters. The van der Waals surface area contributed by atoms with Crippen molar-refractivity contribution < 1.29 is 9.53 Å². The Labute approximate surface area is 124 Å². The molecular formula is C18H30O2. The summed E-state index contributed by atoms with van der Waals surface area (Å²) in [5.41, 5.74) is 0. The fraction of sp³-hybridized carbons (Fsp3) is 0.611. The van der Waals surface area contributed by atoms with Crippen molar-refractivity contribution in [2.45, 2.75) is 71.1 Å². The molecule has 0 rings (SSSR count). The van der Waals surface area contributed by atoms with E-state index in [0.717, 1.165) is 6.42 Å². The van der Waals surface area contributed by atoms with Crippen LogP contribution in [0.5, 0.6) is 0 Å². The number of allylic oxidation sites excluding steroid dienone is 4. The summed E-state index contributed by atoms with van der Waals surface area (Å²) in [6.45, 7) is 5.07. The van der Waals surface area contributed by atoms with Crippen molar-refractivity contribution in [1.82, 2.24) is 0 Å². The number of unbranched alkanes of at least 4 members (excludes halogenated alkanes) is 9. The second-order valence-corrected chi connectivity index (χ2v) is 5.05. The van der Waals surface area contributed by atoms with E-state index < -0.39 is 0 Å². The van der Waals surface area contributed by atoms with E-state index in [2.05, 4.69) is 12.7 Å². The monoisotopic (exact) mass is 278 g/mol. The number of ether oxygens (including phenoxy) is 1. The Kier molecular flexibility index (Phi) is 14.7. The first-order valence-corrected chi connectivity index (χ1v) is 7.87. The molecule has 0 heterocycles. The first-order valence-electron chi connectivity index (χ1n) is 7.87. The maximum atomic E-state index is 10.5. The Bertz CT molecular complexity index is 290. The number of carbonyl (C=O) groups excluding carboxylic acids is 1. The van der Waals surface area contributed by atoms with Gasteiger partial charge in [0.1, 0.15) is 0 Å². The zero-order valence-electron chi connectivity index (χ0n) is 13.0. The normalized spacial score (nSPS) is 11.2. The number of carbonyl (C=O) groups is 1. The zero-order valence-corrected chi connectivity index (χ0v) is 13.0. The van der Waals surface area contributed by atoms with E-state index in [0.29, 0.717) is 0 Å². The van der Waals surface area contributed by atoms with Crippen LogP contribution in [0, 0.1) is 0 Å². The van der Waals surface area contributed by atoms with Gasteiger partial charge in [-0.05, 0) is 31.8 Å². The van der Waals surface area contributed by atoms with E-state index >= 15 is 0 Å². The molecule has 114 valence electrons. The quantitative estimate of drug-likeness (QED) is 0.187. The number of hydrogen-bond acceptors (Lipinski definition) is 2. The van der Waals surface area contributed by atoms with E-state index in [9.17, 15) is 4.79 Å². The van der Waals surface area contributed by atoms with Crippen LogP contribution >= 0.6 is 0 Å². The molecule has 20 heavy (non-hydrogen) atoms. The summed E-state index contributed by atoms with van der Waals surface area (Å²) in [6.07, 6.45) is 22.1. The van der Waals surface area contributed by atoms with Crippen molar-refractivity contribution in [1.29, 1.82) is 0 Å². The standard InChI is InChI=1S/C18H30O2/c1-3-4-5-6-7-8-9-10-11-12-13-14-15-16-17-20-18(2)19/h3-5,16-17H,1,6-15H2,2H3. The van der Waals surface area contributed by atoms with Gasteiger partial charge in [-0.25, -0.2) is 0 Å². The average molecular weight is 278 g/mol. The highest BCUT2D eigenvalue weighted by Crippen LogP contribution is 2.11. The summed E-state index contributed by atoms with van der Waals surface area (Å²) >= 11 is 0. The molecule has 0 fully saturated rings. The maximum absolute atomic E-state index is 10.5. The van der Waals surface area contributed by atoms with Gasteiger partial charge in [-0.1, -0.05) is 63.3 Å². The van der Waals surface area contributed by atoms with Gasteiger partial charge < -0.3 is 4.74 Å². The Morgan fingerprint density at radius 3 is 1.90 bits per heavy atom. The molecule has 0 saturated heterocycles. The predicted molar refractivity (Wildman–Crippen MR) is 86.4 cm³/mol. The van der Waals surface area contributed by atoms with Gasteiger partial charge in [0.15, 0.2) is 0 Å². The lowest BCUT2D eigenvalue weighted by Gasteiger charge is -2.00. The van der Waals surface area contributed by atoms with Crippen LogP contribution in [0.2, 0.25) is 0 Å². The molecule has 0 aliphatic rings. The Morgan fingerprint density at radius 1 is 0.900 bits per heavy atom. The van der Waals surface area contributed by atoms with E-state index in [1.54, 1.807) is 0 Å². The minimum absolute atomic E-state index is 0.249. The molecule has 2 nitrogen and oxygen atoms in total. The smallest absolute Gasteiger partial charge is 0.307 e. The summed E-state index contributed by atoms with van der Waals surface area (Å²) < 4.78 is 4.72. The van der Waals surface area contributed by atoms with Crippen LogP contribution < -0.4 is 0 Å². The van der Waals surface area contributed by atoms with Crippen LogP contribution in [0.4, 0.5) is 0 Å². The van der Waals surface area contributed by atoms with E-state index in [1.807, 2.05) is 18.2 Å². The van der Waals surface area contributed by atoms with Gasteiger partial charge in [0.05, 0.1) is 6.26 Å². The highest BCUT2D eigenvalue weighted by atomic mass is 16.5. The highest BCUT2D eigenvalue weighted by molar-refractivity contribution is 5.66. The van der Waals surface area contributed by atoms with Crippen LogP contribution in [-0.4, -0.2) is 5.97 Å². The lowest BCUT2D eigenvalue weighted by atomic mass is 10.1. The molecular weight excluding hydrogens is 248 g/mol. The third-order valence-corrected chi connectivity index (χ3v) is 3.09. The lowest BCUT2D eigenvalue weighted by molar-refractivity contribution is -0.135. The van der Waals surface area contributed by atoms with Gasteiger partial charge in [-0.15, -0.1) is 0 Å². The summed E-state index contributed by atoms with van der Waals surface area (Å²) in [4.78, 5) is 10.5. The summed E-state index contributed by atoms with van der Waals surface area (Å²) in [5, 5.41) is 0. The summed E-state index contributed by atoms with van der Waals surface area (Å²) in [6, 6.07) is 0. The van der Waals surface area contributed by atoms with Crippen LogP contribution in [0.3, 0.4) is 0 Å². The maximum Gasteiger partial charge on any atom is 0.307 e. The average Bonchev–Trinajstić information content (AvgIpc) is 2.43. The Morgan fingerprint density at radius 2 is 1.40 bits per heavy atom. The largest absolute Gasteiger partial charge is 0.435 e. The molecule has 0 aromatic rings. The third kappa shape index (κ3) is 16.7. The van der Waals surface area contributed by atoms with Crippen LogP contribution in [0.1, 0.15) is 71.1 Å². The highest BCUT2D eigenvalue weighted by Gasteiger charge is 1.91. The zero-order chi connectivity index (χ0) is 14.9. The molecule has 0 amide bonds. The van der Waals surface area contributed by atoms with Crippen molar-refractivity contribution >= 4 is 5.97 Å². The summed E-state index contributed by atoms with van der Waals surface area (Å²) in [5.74, 6) is -0.249. The molecule has 0 spiro atoms. The topological polar surface area (TPSA) is 26.3 Å². The van der Waals surface area contributed by atoms with Crippen LogP contribution in [0.25, 0.3) is 0 Å². The minimum Gasteiger partial charge on any atom is -0.435 e. The van der Waals surface area contributed by atoms with Gasteiger partial charge in [0.2, 0.25) is 0 Å². The molecule has 0 unspecified atom stereocenters. The van der Waals surface area contributed by atoms with Gasteiger partial charge in [0.25, 0.3) is 0 Å². The van der Waals surface area contributed by atoms with E-state index in [4.69, 9.17) is 4.74 Å². The predicted octanol–water partition coefficient (Wildman–Crippen LogP) is 5.71. The SMILES string of the molecule is C=CC=CCCCCCCCCCCC=COC(C)=O. The molecule has 0 aromatic heterocycles. The second-order valence-electron chi connectivity index (χ2n) is 5.05. The van der Waals surface area contributed by atoms with Gasteiger partial charge in [0, 0.05) is 6.92 Å². The van der Waals surface area contributed by atoms with Crippen LogP contribution in [-0.2, 0) is 9.53 Å². The number of rotatable bonds is 13. The molecule has 0 aliphatic carbocycles. The molecule has 0 aromatic carbocycles. The minimum atomic E-state index is -0.249. The van der Waals surface area contributed by atoms with Gasteiger partial charge in [-0.3, -0.25) is 4.79 Å². The van der Waals surface area contributed by atoms with Gasteiger partial charge in [-0.2, -0.15) is 0 Å². The molecule has 0 N–H and O–H groups in total. The molecule has 0 saturated carbocycles. The molecule has 2 heteroatoms. The molecule has 0 aliphatic heterocycles. The van der Waals surface area contributed by atoms with Gasteiger partial charge >= 0.3 is 5.97 Å². The van der Waals surface area contributed by atoms with Crippen molar-refractivity contribution in [3.63, 3.8) is 0 Å². The molecule has 0 bridgehead atoms.